The fourth-order valence-corrected chi connectivity index (χ4v) is 4.18. The van der Waals surface area contributed by atoms with Crippen LogP contribution in [0, 0.1) is 18.3 Å². The first-order valence-corrected chi connectivity index (χ1v) is 11.0. The molecule has 6 heteroatoms. The van der Waals surface area contributed by atoms with Crippen molar-refractivity contribution in [2.75, 3.05) is 13.1 Å². The van der Waals surface area contributed by atoms with Gasteiger partial charge in [-0.25, -0.2) is 4.98 Å². The van der Waals surface area contributed by atoms with Gasteiger partial charge in [0.15, 0.2) is 5.15 Å². The number of aromatic amines is 1. The van der Waals surface area contributed by atoms with Crippen LogP contribution in [0.1, 0.15) is 58.6 Å². The van der Waals surface area contributed by atoms with Crippen molar-refractivity contribution in [3.63, 3.8) is 0 Å². The van der Waals surface area contributed by atoms with E-state index in [9.17, 15) is 4.79 Å². The lowest BCUT2D eigenvalue weighted by Crippen LogP contribution is -2.48. The molecule has 1 aromatic heterocycles. The minimum Gasteiger partial charge on any atom is -0.341 e. The maximum absolute atomic E-state index is 13.1. The van der Waals surface area contributed by atoms with Crippen LogP contribution in [-0.4, -0.2) is 33.9 Å². The van der Waals surface area contributed by atoms with E-state index in [1.165, 1.54) is 0 Å². The lowest BCUT2D eigenvalue weighted by Gasteiger charge is -2.39. The number of aryl methyl sites for hydroxylation is 2. The largest absolute Gasteiger partial charge is 0.341 e. The number of amides is 1. The highest BCUT2D eigenvalue weighted by molar-refractivity contribution is 6.32. The number of halogens is 1. The number of carbonyl (C=O) groups is 1. The Morgan fingerprint density at radius 2 is 2.00 bits per heavy atom. The lowest BCUT2D eigenvalue weighted by atomic mass is 9.90. The summed E-state index contributed by atoms with van der Waals surface area (Å²) < 4.78 is 0. The summed E-state index contributed by atoms with van der Waals surface area (Å²) in [5.41, 5.74) is 5.20. The number of unbranched alkanes of at least 4 members (excludes halogenated alkanes) is 1. The second-order valence-electron chi connectivity index (χ2n) is 8.12. The first kappa shape index (κ1) is 21.1. The number of rotatable bonds is 6. The molecule has 0 unspecified atom stereocenters. The van der Waals surface area contributed by atoms with Gasteiger partial charge in [-0.3, -0.25) is 4.79 Å². The third kappa shape index (κ3) is 4.35. The second-order valence-corrected chi connectivity index (χ2v) is 8.48. The Hall–Kier alpha value is -3.10. The minimum absolute atomic E-state index is 0.0213. The van der Waals surface area contributed by atoms with Crippen molar-refractivity contribution in [2.24, 2.45) is 0 Å². The summed E-state index contributed by atoms with van der Waals surface area (Å²) in [6, 6.07) is 15.5. The zero-order valence-corrected chi connectivity index (χ0v) is 18.5. The molecule has 1 fully saturated rings. The van der Waals surface area contributed by atoms with Gasteiger partial charge in [-0.05, 0) is 48.7 Å². The molecule has 1 aliphatic heterocycles. The van der Waals surface area contributed by atoms with Gasteiger partial charge < -0.3 is 9.88 Å². The Morgan fingerprint density at radius 1 is 1.26 bits per heavy atom. The number of nitrogens with one attached hydrogen (secondary N) is 1. The Morgan fingerprint density at radius 3 is 2.68 bits per heavy atom. The Balaban J connectivity index is 1.49. The number of H-pyrrole nitrogens is 1. The number of nitrogens with zero attached hydrogens (tertiary/aromatic N) is 3. The minimum atomic E-state index is 0.0213. The lowest BCUT2D eigenvalue weighted by molar-refractivity contribution is 0.0602. The van der Waals surface area contributed by atoms with Crippen LogP contribution in [-0.2, 0) is 6.42 Å². The van der Waals surface area contributed by atoms with Crippen molar-refractivity contribution in [2.45, 2.75) is 39.0 Å². The average Bonchev–Trinajstić information content (AvgIpc) is 3.12. The fourth-order valence-electron chi connectivity index (χ4n) is 3.93. The van der Waals surface area contributed by atoms with Crippen molar-refractivity contribution < 1.29 is 4.79 Å². The number of benzene rings is 2. The Kier molecular flexibility index (Phi) is 6.11. The SMILES string of the molecule is CCCCc1nc(Cl)c(-c2cc(C(=O)N3CC(c4ccc(C#N)cc4)C3)ccc2C)[nH]1. The van der Waals surface area contributed by atoms with Crippen LogP contribution >= 0.6 is 11.6 Å². The number of hydrogen-bond acceptors (Lipinski definition) is 3. The van der Waals surface area contributed by atoms with E-state index in [2.05, 4.69) is 23.0 Å². The molecule has 0 bridgehead atoms. The molecule has 0 radical (unpaired) electrons. The molecule has 1 amide bonds. The van der Waals surface area contributed by atoms with E-state index in [-0.39, 0.29) is 5.91 Å². The van der Waals surface area contributed by atoms with Crippen LogP contribution in [0.3, 0.4) is 0 Å². The number of aromatic nitrogens is 2. The number of imidazole rings is 1. The third-order valence-corrected chi connectivity index (χ3v) is 6.18. The van der Waals surface area contributed by atoms with Crippen molar-refractivity contribution in [3.05, 3.63) is 75.7 Å². The highest BCUT2D eigenvalue weighted by Crippen LogP contribution is 2.32. The van der Waals surface area contributed by atoms with Crippen LogP contribution in [0.15, 0.2) is 42.5 Å². The van der Waals surface area contributed by atoms with Gasteiger partial charge in [-0.15, -0.1) is 0 Å². The van der Waals surface area contributed by atoms with Gasteiger partial charge in [0.05, 0.1) is 17.3 Å². The topological polar surface area (TPSA) is 72.8 Å². The van der Waals surface area contributed by atoms with E-state index >= 15 is 0 Å². The Bertz CT molecular complexity index is 1140. The molecule has 4 rings (SSSR count). The van der Waals surface area contributed by atoms with E-state index in [4.69, 9.17) is 16.9 Å². The molecule has 5 nitrogen and oxygen atoms in total. The highest BCUT2D eigenvalue weighted by Gasteiger charge is 2.32. The first-order valence-electron chi connectivity index (χ1n) is 10.6. The number of nitriles is 1. The van der Waals surface area contributed by atoms with E-state index in [1.54, 1.807) is 0 Å². The van der Waals surface area contributed by atoms with Crippen LogP contribution in [0.4, 0.5) is 0 Å². The zero-order chi connectivity index (χ0) is 22.0. The molecule has 1 saturated heterocycles. The van der Waals surface area contributed by atoms with Crippen molar-refractivity contribution >= 4 is 17.5 Å². The maximum Gasteiger partial charge on any atom is 0.253 e. The molecule has 0 aliphatic carbocycles. The summed E-state index contributed by atoms with van der Waals surface area (Å²) in [6.07, 6.45) is 3.00. The molecular weight excluding hydrogens is 408 g/mol. The van der Waals surface area contributed by atoms with Crippen molar-refractivity contribution in [3.8, 4) is 17.3 Å². The number of likely N-dealkylation sites (tertiary alicyclic amines) is 1. The van der Waals surface area contributed by atoms with Crippen LogP contribution in [0.5, 0.6) is 0 Å². The summed E-state index contributed by atoms with van der Waals surface area (Å²) in [6.45, 7) is 5.52. The monoisotopic (exact) mass is 432 g/mol. The van der Waals surface area contributed by atoms with E-state index in [1.807, 2.05) is 54.3 Å². The normalized spacial score (nSPS) is 13.7. The van der Waals surface area contributed by atoms with Crippen LogP contribution in [0.25, 0.3) is 11.3 Å². The average molecular weight is 433 g/mol. The van der Waals surface area contributed by atoms with Crippen LogP contribution < -0.4 is 0 Å². The van der Waals surface area contributed by atoms with Gasteiger partial charge in [0.2, 0.25) is 0 Å². The van der Waals surface area contributed by atoms with Gasteiger partial charge >= 0.3 is 0 Å². The predicted octanol–water partition coefficient (Wildman–Crippen LogP) is 5.49. The summed E-state index contributed by atoms with van der Waals surface area (Å²) in [4.78, 5) is 22.7. The molecule has 31 heavy (non-hydrogen) atoms. The van der Waals surface area contributed by atoms with Gasteiger partial charge in [-0.1, -0.05) is 43.1 Å². The van der Waals surface area contributed by atoms with Crippen molar-refractivity contribution in [1.29, 1.82) is 5.26 Å². The summed E-state index contributed by atoms with van der Waals surface area (Å²) in [5, 5.41) is 9.39. The van der Waals surface area contributed by atoms with Gasteiger partial charge in [-0.2, -0.15) is 5.26 Å². The molecule has 158 valence electrons. The predicted molar refractivity (Wildman–Crippen MR) is 122 cm³/mol. The molecule has 2 heterocycles. The number of hydrogen-bond donors (Lipinski definition) is 1. The quantitative estimate of drug-likeness (QED) is 0.559. The Labute approximate surface area is 187 Å². The van der Waals surface area contributed by atoms with E-state index in [0.29, 0.717) is 35.3 Å². The summed E-state index contributed by atoms with van der Waals surface area (Å²) >= 11 is 6.41. The van der Waals surface area contributed by atoms with E-state index < -0.39 is 0 Å². The molecule has 3 aromatic rings. The number of carbonyl (C=O) groups excluding carboxylic acids is 1. The molecule has 0 saturated carbocycles. The standard InChI is InChI=1S/C25H25ClN4O/c1-3-4-5-22-28-23(24(26)29-22)21-12-19(9-6-16(21)2)25(31)30-14-20(15-30)18-10-7-17(13-27)8-11-18/h6-12,20H,3-5,14-15H2,1-2H3,(H,28,29). The fraction of sp³-hybridized carbons (Fsp3) is 0.320. The summed E-state index contributed by atoms with van der Waals surface area (Å²) in [5.74, 6) is 1.21. The second kappa shape index (κ2) is 8.95. The first-order chi connectivity index (χ1) is 15.0. The van der Waals surface area contributed by atoms with Crippen LogP contribution in [0.2, 0.25) is 5.15 Å². The molecule has 0 spiro atoms. The van der Waals surface area contributed by atoms with E-state index in [0.717, 1.165) is 47.5 Å². The van der Waals surface area contributed by atoms with Gasteiger partial charge in [0.25, 0.3) is 5.91 Å². The molecule has 2 aromatic carbocycles. The zero-order valence-electron chi connectivity index (χ0n) is 17.8. The smallest absolute Gasteiger partial charge is 0.253 e. The van der Waals surface area contributed by atoms with Crippen molar-refractivity contribution in [1.82, 2.24) is 14.9 Å². The molecule has 1 N–H and O–H groups in total. The molecule has 1 aliphatic rings. The highest BCUT2D eigenvalue weighted by atomic mass is 35.5. The maximum atomic E-state index is 13.1. The van der Waals surface area contributed by atoms with Gasteiger partial charge in [0, 0.05) is 36.6 Å². The third-order valence-electron chi connectivity index (χ3n) is 5.91. The van der Waals surface area contributed by atoms with Gasteiger partial charge in [0.1, 0.15) is 5.82 Å². The molecule has 0 atom stereocenters. The molecular formula is C25H25ClN4O. The summed E-state index contributed by atoms with van der Waals surface area (Å²) in [7, 11) is 0.